The zero-order chi connectivity index (χ0) is 10.6. The molecule has 1 radical (unpaired) electrons. The van der Waals surface area contributed by atoms with Crippen molar-refractivity contribution in [2.45, 2.75) is 33.1 Å². The van der Waals surface area contributed by atoms with E-state index in [2.05, 4.69) is 19.9 Å². The van der Waals surface area contributed by atoms with Gasteiger partial charge < -0.3 is 0 Å². The van der Waals surface area contributed by atoms with Crippen LogP contribution in [-0.4, -0.2) is 0 Å². The number of halogens is 2. The van der Waals surface area contributed by atoms with Crippen molar-refractivity contribution in [2.75, 3.05) is 0 Å². The van der Waals surface area contributed by atoms with Crippen molar-refractivity contribution >= 4 is 0 Å². The van der Waals surface area contributed by atoms with Crippen LogP contribution in [0.1, 0.15) is 32.3 Å². The van der Waals surface area contributed by atoms with E-state index in [-0.39, 0.29) is 21.7 Å². The van der Waals surface area contributed by atoms with Crippen LogP contribution in [0.4, 0.5) is 8.78 Å². The Morgan fingerprint density at radius 2 is 1.80 bits per heavy atom. The third kappa shape index (κ3) is 4.44. The second kappa shape index (κ2) is 7.13. The Hall–Kier alpha value is -0.206. The minimum atomic E-state index is -0.629. The monoisotopic (exact) mass is 245 g/mol. The topological polar surface area (TPSA) is 0 Å². The Morgan fingerprint density at radius 3 is 2.27 bits per heavy atom. The van der Waals surface area contributed by atoms with Gasteiger partial charge in [-0.2, -0.15) is 0 Å². The molecule has 0 aliphatic carbocycles. The fourth-order valence-electron chi connectivity index (χ4n) is 1.52. The molecule has 0 aliphatic rings. The molecule has 0 atom stereocenters. The molecule has 0 fully saturated rings. The molecular formula is C12H15F2Ti. The average Bonchev–Trinajstić information content (AvgIpc) is 2.17. The summed E-state index contributed by atoms with van der Waals surface area (Å²) in [6.45, 7) is 4.17. The maximum absolute atomic E-state index is 13.2. The zero-order valence-electron chi connectivity index (χ0n) is 9.11. The van der Waals surface area contributed by atoms with Gasteiger partial charge in [0.05, 0.1) is 6.07 Å². The molecule has 0 aliphatic heterocycles. The molecule has 1 aromatic rings. The number of rotatable bonds is 4. The van der Waals surface area contributed by atoms with Gasteiger partial charge in [-0.15, -0.1) is 0 Å². The van der Waals surface area contributed by atoms with E-state index in [1.165, 1.54) is 12.1 Å². The molecule has 0 bridgehead atoms. The molecule has 0 saturated carbocycles. The molecule has 1 rings (SSSR count). The van der Waals surface area contributed by atoms with Gasteiger partial charge in [0.2, 0.25) is 0 Å². The van der Waals surface area contributed by atoms with E-state index < -0.39 is 11.6 Å². The third-order valence-electron chi connectivity index (χ3n) is 2.61. The summed E-state index contributed by atoms with van der Waals surface area (Å²) in [5.74, 6) is -0.698. The number of hydrogen-bond acceptors (Lipinski definition) is 0. The van der Waals surface area contributed by atoms with Crippen LogP contribution in [0.3, 0.4) is 0 Å². The van der Waals surface area contributed by atoms with E-state index in [1.54, 1.807) is 0 Å². The van der Waals surface area contributed by atoms with E-state index in [0.717, 1.165) is 12.8 Å². The van der Waals surface area contributed by atoms with Gasteiger partial charge in [-0.05, 0) is 24.0 Å². The molecule has 0 amide bonds. The molecule has 0 N–H and O–H groups in total. The Labute approximate surface area is 105 Å². The number of benzene rings is 1. The smallest absolute Gasteiger partial charge is 0.137 e. The largest absolute Gasteiger partial charge is 0.206 e. The molecule has 81 valence electrons. The van der Waals surface area contributed by atoms with Crippen LogP contribution in [0.15, 0.2) is 12.1 Å². The molecule has 1 aromatic carbocycles. The zero-order valence-corrected chi connectivity index (χ0v) is 10.7. The summed E-state index contributed by atoms with van der Waals surface area (Å²) in [5, 5.41) is 0. The minimum Gasteiger partial charge on any atom is -0.206 e. The van der Waals surface area contributed by atoms with Crippen molar-refractivity contribution in [3.8, 4) is 0 Å². The number of hydrogen-bond donors (Lipinski definition) is 0. The van der Waals surface area contributed by atoms with Crippen molar-refractivity contribution < 1.29 is 30.5 Å². The summed E-state index contributed by atoms with van der Waals surface area (Å²) >= 11 is 0. The molecular weight excluding hydrogens is 230 g/mol. The molecule has 0 unspecified atom stereocenters. The van der Waals surface area contributed by atoms with Crippen LogP contribution in [0.2, 0.25) is 0 Å². The quantitative estimate of drug-likeness (QED) is 0.709. The first kappa shape index (κ1) is 14.8. The Balaban J connectivity index is 0.00000196. The summed E-state index contributed by atoms with van der Waals surface area (Å²) < 4.78 is 25.7. The van der Waals surface area contributed by atoms with Gasteiger partial charge >= 0.3 is 0 Å². The molecule has 0 heterocycles. The van der Waals surface area contributed by atoms with E-state index in [4.69, 9.17) is 0 Å². The Bertz CT molecular complexity index is 296. The molecule has 0 spiro atoms. The molecule has 0 nitrogen and oxygen atoms in total. The van der Waals surface area contributed by atoms with Crippen molar-refractivity contribution in [3.63, 3.8) is 0 Å². The normalized spacial score (nSPS) is 10.2. The maximum Gasteiger partial charge on any atom is 0.137 e. The minimum absolute atomic E-state index is 0. The first-order chi connectivity index (χ1) is 6.67. The van der Waals surface area contributed by atoms with E-state index in [0.29, 0.717) is 17.9 Å². The van der Waals surface area contributed by atoms with Gasteiger partial charge in [0.1, 0.15) is 11.6 Å². The van der Waals surface area contributed by atoms with Crippen molar-refractivity contribution in [3.05, 3.63) is 35.4 Å². The van der Waals surface area contributed by atoms with Crippen LogP contribution in [-0.2, 0) is 28.1 Å². The van der Waals surface area contributed by atoms with Gasteiger partial charge in [0.25, 0.3) is 0 Å². The van der Waals surface area contributed by atoms with Gasteiger partial charge in [0, 0.05) is 21.7 Å². The standard InChI is InChI=1S/C12H15F2.Ti/c1-3-9(4-2)7-10-5-6-11(13)8-12(10)14;/h5-6,9H,3-4,7H2,1-2H3;. The van der Waals surface area contributed by atoms with Gasteiger partial charge in [-0.1, -0.05) is 32.8 Å². The van der Waals surface area contributed by atoms with Crippen molar-refractivity contribution in [1.82, 2.24) is 0 Å². The summed E-state index contributed by atoms with van der Waals surface area (Å²) in [7, 11) is 0. The molecule has 0 aromatic heterocycles. The summed E-state index contributed by atoms with van der Waals surface area (Å²) in [6.07, 6.45) is 2.72. The Kier molecular flexibility index (Phi) is 7.03. The Morgan fingerprint density at radius 1 is 1.20 bits per heavy atom. The second-order valence-corrected chi connectivity index (χ2v) is 3.53. The average molecular weight is 245 g/mol. The second-order valence-electron chi connectivity index (χ2n) is 3.53. The first-order valence-electron chi connectivity index (χ1n) is 5.03. The van der Waals surface area contributed by atoms with Crippen molar-refractivity contribution in [1.29, 1.82) is 0 Å². The first-order valence-corrected chi connectivity index (χ1v) is 5.03. The predicted octanol–water partition coefficient (Wildman–Crippen LogP) is 3.74. The van der Waals surface area contributed by atoms with E-state index in [9.17, 15) is 8.78 Å². The van der Waals surface area contributed by atoms with Gasteiger partial charge in [-0.3, -0.25) is 0 Å². The SMILES string of the molecule is CCC(CC)Cc1ccc(F)[c]c1F.[Ti]. The predicted molar refractivity (Wildman–Crippen MR) is 53.0 cm³/mol. The fraction of sp³-hybridized carbons (Fsp3) is 0.500. The van der Waals surface area contributed by atoms with Crippen LogP contribution in [0.5, 0.6) is 0 Å². The van der Waals surface area contributed by atoms with Crippen LogP contribution in [0.25, 0.3) is 0 Å². The van der Waals surface area contributed by atoms with E-state index in [1.807, 2.05) is 0 Å². The summed E-state index contributed by atoms with van der Waals surface area (Å²) in [4.78, 5) is 0. The van der Waals surface area contributed by atoms with Gasteiger partial charge in [-0.25, -0.2) is 8.78 Å². The summed E-state index contributed by atoms with van der Waals surface area (Å²) in [5.41, 5.74) is 0.570. The fourth-order valence-corrected chi connectivity index (χ4v) is 1.52. The van der Waals surface area contributed by atoms with Crippen LogP contribution < -0.4 is 0 Å². The third-order valence-corrected chi connectivity index (χ3v) is 2.61. The van der Waals surface area contributed by atoms with Gasteiger partial charge in [0.15, 0.2) is 0 Å². The molecule has 15 heavy (non-hydrogen) atoms. The van der Waals surface area contributed by atoms with E-state index >= 15 is 0 Å². The molecule has 0 saturated heterocycles. The summed E-state index contributed by atoms with van der Waals surface area (Å²) in [6, 6.07) is 4.84. The van der Waals surface area contributed by atoms with Crippen LogP contribution >= 0.6 is 0 Å². The van der Waals surface area contributed by atoms with Crippen LogP contribution in [0, 0.1) is 23.6 Å². The van der Waals surface area contributed by atoms with Crippen molar-refractivity contribution in [2.24, 2.45) is 5.92 Å². The maximum atomic E-state index is 13.2. The molecule has 3 heteroatoms.